The van der Waals surface area contributed by atoms with Crippen molar-refractivity contribution >= 4 is 35.3 Å². The summed E-state index contributed by atoms with van der Waals surface area (Å²) in [6, 6.07) is 6.79. The molecular weight excluding hydrogens is 398 g/mol. The maximum absolute atomic E-state index is 12.9. The number of ether oxygens (including phenoxy) is 1. The summed E-state index contributed by atoms with van der Waals surface area (Å²) in [7, 11) is 1.58. The van der Waals surface area contributed by atoms with Crippen molar-refractivity contribution in [2.45, 2.75) is 35.2 Å². The normalized spacial score (nSPS) is 17.9. The SMILES string of the molecule is COCCn1c(SCN2C(=O)c3ccccc3C2=O)nc2c(c1=O)SC(C)C2. The van der Waals surface area contributed by atoms with Crippen molar-refractivity contribution in [2.75, 3.05) is 19.6 Å². The Balaban J connectivity index is 1.61. The molecule has 1 aromatic heterocycles. The van der Waals surface area contributed by atoms with E-state index in [9.17, 15) is 14.4 Å². The molecule has 0 saturated heterocycles. The summed E-state index contributed by atoms with van der Waals surface area (Å²) < 4.78 is 6.71. The van der Waals surface area contributed by atoms with Crippen LogP contribution in [0, 0.1) is 0 Å². The molecule has 2 aliphatic heterocycles. The van der Waals surface area contributed by atoms with Gasteiger partial charge in [-0.1, -0.05) is 30.8 Å². The Morgan fingerprint density at radius 3 is 2.54 bits per heavy atom. The number of amides is 2. The summed E-state index contributed by atoms with van der Waals surface area (Å²) in [4.78, 5) is 44.6. The first-order valence-corrected chi connectivity index (χ1v) is 10.7. The minimum atomic E-state index is -0.316. The van der Waals surface area contributed by atoms with Gasteiger partial charge in [-0.05, 0) is 12.1 Å². The molecule has 0 N–H and O–H groups in total. The molecule has 146 valence electrons. The summed E-state index contributed by atoms with van der Waals surface area (Å²) in [6.45, 7) is 2.81. The Bertz CT molecular complexity index is 986. The molecule has 7 nitrogen and oxygen atoms in total. The predicted octanol–water partition coefficient (Wildman–Crippen LogP) is 2.27. The molecule has 9 heteroatoms. The molecule has 3 heterocycles. The first-order valence-electron chi connectivity index (χ1n) is 8.88. The van der Waals surface area contributed by atoms with Crippen molar-refractivity contribution in [3.05, 3.63) is 51.4 Å². The predicted molar refractivity (Wildman–Crippen MR) is 107 cm³/mol. The lowest BCUT2D eigenvalue weighted by Crippen LogP contribution is -2.31. The van der Waals surface area contributed by atoms with Crippen molar-refractivity contribution in [3.63, 3.8) is 0 Å². The van der Waals surface area contributed by atoms with Crippen molar-refractivity contribution in [3.8, 4) is 0 Å². The van der Waals surface area contributed by atoms with Gasteiger partial charge < -0.3 is 4.74 Å². The fourth-order valence-corrected chi connectivity index (χ4v) is 5.40. The van der Waals surface area contributed by atoms with Crippen LogP contribution in [-0.4, -0.2) is 51.1 Å². The standard InChI is InChI=1S/C19H19N3O4S2/c1-11-9-14-15(28-11)18(25)21(7-8-26-2)19(20-14)27-10-22-16(23)12-5-3-4-6-13(12)17(22)24/h3-6,11H,7-10H2,1-2H3. The fourth-order valence-electron chi connectivity index (χ4n) is 3.30. The second-order valence-electron chi connectivity index (χ2n) is 6.61. The highest BCUT2D eigenvalue weighted by Crippen LogP contribution is 2.34. The van der Waals surface area contributed by atoms with Gasteiger partial charge in [-0.3, -0.25) is 23.9 Å². The lowest BCUT2D eigenvalue weighted by molar-refractivity contribution is 0.0684. The Kier molecular flexibility index (Phi) is 5.31. The summed E-state index contributed by atoms with van der Waals surface area (Å²) in [5.41, 5.74) is 1.54. The zero-order chi connectivity index (χ0) is 19.8. The highest BCUT2D eigenvalue weighted by molar-refractivity contribution is 8.00. The Hall–Kier alpha value is -2.10. The van der Waals surface area contributed by atoms with Gasteiger partial charge in [0.2, 0.25) is 0 Å². The lowest BCUT2D eigenvalue weighted by Gasteiger charge is -2.16. The fraction of sp³-hybridized carbons (Fsp3) is 0.368. The number of hydrogen-bond donors (Lipinski definition) is 0. The first-order chi connectivity index (χ1) is 13.5. The molecule has 0 aliphatic carbocycles. The van der Waals surface area contributed by atoms with E-state index in [2.05, 4.69) is 11.9 Å². The van der Waals surface area contributed by atoms with E-state index in [1.807, 2.05) is 0 Å². The number of rotatable bonds is 6. The van der Waals surface area contributed by atoms with E-state index in [0.29, 0.717) is 39.6 Å². The third-order valence-corrected chi connectivity index (χ3v) is 6.85. The quantitative estimate of drug-likeness (QED) is 0.405. The molecule has 2 amide bonds. The molecule has 0 fully saturated rings. The van der Waals surface area contributed by atoms with Crippen LogP contribution in [-0.2, 0) is 17.7 Å². The largest absolute Gasteiger partial charge is 0.383 e. The molecule has 1 unspecified atom stereocenters. The molecule has 1 aromatic carbocycles. The summed E-state index contributed by atoms with van der Waals surface area (Å²) in [5.74, 6) is -0.527. The second kappa shape index (κ2) is 7.73. The monoisotopic (exact) mass is 417 g/mol. The van der Waals surface area contributed by atoms with E-state index in [0.717, 1.165) is 12.1 Å². The van der Waals surface area contributed by atoms with Gasteiger partial charge in [0.15, 0.2) is 5.16 Å². The number of nitrogens with zero attached hydrogens (tertiary/aromatic N) is 3. The molecule has 1 atom stereocenters. The number of benzene rings is 1. The van der Waals surface area contributed by atoms with E-state index >= 15 is 0 Å². The van der Waals surface area contributed by atoms with Crippen LogP contribution in [0.15, 0.2) is 39.1 Å². The maximum Gasteiger partial charge on any atom is 0.268 e. The van der Waals surface area contributed by atoms with Gasteiger partial charge in [0.25, 0.3) is 17.4 Å². The van der Waals surface area contributed by atoms with E-state index in [1.54, 1.807) is 47.7 Å². The minimum Gasteiger partial charge on any atom is -0.383 e. The molecule has 0 saturated carbocycles. The highest BCUT2D eigenvalue weighted by Gasteiger charge is 2.35. The highest BCUT2D eigenvalue weighted by atomic mass is 32.2. The number of carbonyl (C=O) groups is 2. The van der Waals surface area contributed by atoms with Crippen LogP contribution in [0.4, 0.5) is 0 Å². The van der Waals surface area contributed by atoms with E-state index in [1.165, 1.54) is 16.7 Å². The van der Waals surface area contributed by atoms with Gasteiger partial charge in [0.1, 0.15) is 0 Å². The van der Waals surface area contributed by atoms with Gasteiger partial charge in [-0.15, -0.1) is 11.8 Å². The third kappa shape index (κ3) is 3.27. The summed E-state index contributed by atoms with van der Waals surface area (Å²) >= 11 is 2.77. The Morgan fingerprint density at radius 2 is 1.89 bits per heavy atom. The summed E-state index contributed by atoms with van der Waals surface area (Å²) in [5, 5.41) is 0.814. The number of hydrogen-bond acceptors (Lipinski definition) is 7. The minimum absolute atomic E-state index is 0.0822. The van der Waals surface area contributed by atoms with Crippen LogP contribution in [0.1, 0.15) is 33.3 Å². The van der Waals surface area contributed by atoms with Crippen LogP contribution >= 0.6 is 23.5 Å². The topological polar surface area (TPSA) is 81.5 Å². The lowest BCUT2D eigenvalue weighted by atomic mass is 10.1. The first kappa shape index (κ1) is 19.2. The molecular formula is C19H19N3O4S2. The Morgan fingerprint density at radius 1 is 1.21 bits per heavy atom. The van der Waals surface area contributed by atoms with Crippen molar-refractivity contribution in [1.82, 2.24) is 14.5 Å². The van der Waals surface area contributed by atoms with Gasteiger partial charge in [-0.2, -0.15) is 0 Å². The number of methoxy groups -OCH3 is 1. The second-order valence-corrected chi connectivity index (χ2v) is 8.97. The zero-order valence-corrected chi connectivity index (χ0v) is 17.1. The third-order valence-electron chi connectivity index (χ3n) is 4.68. The number of aromatic nitrogens is 2. The van der Waals surface area contributed by atoms with Gasteiger partial charge in [0.05, 0.1) is 40.7 Å². The van der Waals surface area contributed by atoms with Gasteiger partial charge in [-0.25, -0.2) is 4.98 Å². The summed E-state index contributed by atoms with van der Waals surface area (Å²) in [6.07, 6.45) is 0.737. The molecule has 2 aliphatic rings. The maximum atomic E-state index is 12.9. The number of imide groups is 1. The number of carbonyl (C=O) groups excluding carboxylic acids is 2. The number of thioether (sulfide) groups is 2. The molecule has 28 heavy (non-hydrogen) atoms. The molecule has 4 rings (SSSR count). The van der Waals surface area contributed by atoms with Crippen molar-refractivity contribution in [2.24, 2.45) is 0 Å². The number of fused-ring (bicyclic) bond motifs is 2. The van der Waals surface area contributed by atoms with Crippen LogP contribution in [0.3, 0.4) is 0 Å². The Labute approximate surface area is 170 Å². The molecule has 0 bridgehead atoms. The average molecular weight is 418 g/mol. The molecule has 0 radical (unpaired) electrons. The van der Waals surface area contributed by atoms with Crippen LogP contribution in [0.2, 0.25) is 0 Å². The van der Waals surface area contributed by atoms with Gasteiger partial charge in [0, 0.05) is 18.8 Å². The zero-order valence-electron chi connectivity index (χ0n) is 15.5. The van der Waals surface area contributed by atoms with E-state index in [-0.39, 0.29) is 23.3 Å². The average Bonchev–Trinajstić information content (AvgIpc) is 3.18. The van der Waals surface area contributed by atoms with Gasteiger partial charge >= 0.3 is 0 Å². The smallest absolute Gasteiger partial charge is 0.268 e. The van der Waals surface area contributed by atoms with E-state index < -0.39 is 0 Å². The molecule has 2 aromatic rings. The molecule has 0 spiro atoms. The van der Waals surface area contributed by atoms with Crippen LogP contribution in [0.5, 0.6) is 0 Å². The van der Waals surface area contributed by atoms with E-state index in [4.69, 9.17) is 4.74 Å². The van der Waals surface area contributed by atoms with Crippen LogP contribution < -0.4 is 5.56 Å². The van der Waals surface area contributed by atoms with Crippen molar-refractivity contribution in [1.29, 1.82) is 0 Å². The van der Waals surface area contributed by atoms with Crippen molar-refractivity contribution < 1.29 is 14.3 Å². The van der Waals surface area contributed by atoms with Crippen LogP contribution in [0.25, 0.3) is 0 Å².